The highest BCUT2D eigenvalue weighted by atomic mass is 35.5. The smallest absolute Gasteiger partial charge is 0.380 e. The van der Waals surface area contributed by atoms with Gasteiger partial charge >= 0.3 is 16.3 Å². The summed E-state index contributed by atoms with van der Waals surface area (Å²) in [6.07, 6.45) is 4.92. The highest BCUT2D eigenvalue weighted by Crippen LogP contribution is 2.23. The van der Waals surface area contributed by atoms with E-state index in [4.69, 9.17) is 9.88 Å². The van der Waals surface area contributed by atoms with Crippen LogP contribution in [0.3, 0.4) is 0 Å². The molecule has 1 fully saturated rings. The zero-order valence-electron chi connectivity index (χ0n) is 20.1. The molecular formula is C24H30ClN5O5S. The molecule has 1 aliphatic heterocycles. The van der Waals surface area contributed by atoms with Crippen molar-refractivity contribution >= 4 is 28.7 Å². The maximum absolute atomic E-state index is 13.1. The summed E-state index contributed by atoms with van der Waals surface area (Å²) in [6, 6.07) is 14.3. The van der Waals surface area contributed by atoms with Crippen molar-refractivity contribution in [2.75, 3.05) is 27.2 Å². The number of carbonyl (C=O) groups is 1. The number of carbonyl (C=O) groups excluding carboxylic acids is 1. The fourth-order valence-corrected chi connectivity index (χ4v) is 4.60. The Balaban J connectivity index is 0.00000361. The molecule has 4 rings (SSSR count). The fourth-order valence-electron chi connectivity index (χ4n) is 4.22. The average molecular weight is 536 g/mol. The van der Waals surface area contributed by atoms with E-state index >= 15 is 0 Å². The first-order valence-corrected chi connectivity index (χ1v) is 12.7. The monoisotopic (exact) mass is 535 g/mol. The van der Waals surface area contributed by atoms with Crippen LogP contribution in [0.5, 0.6) is 11.5 Å². The Kier molecular flexibility index (Phi) is 8.96. The van der Waals surface area contributed by atoms with Gasteiger partial charge in [0.15, 0.2) is 0 Å². The number of ether oxygens (including phenoxy) is 1. The number of likely N-dealkylation sites (tertiary alicyclic amines) is 1. The standard InChI is InChI=1S/C24H29N5O5S.ClH/c1-27(20-10-12-28(13-11-20)15-18-4-3-5-22(14-18)33-2)24(30)29-16-23(26-17-29)19-6-8-21(9-7-19)34-35(25,31)32;/h3-9,14,16-17,20H,10-13,15H2,1-2H3,(H2,25,31,32);1H. The minimum absolute atomic E-state index is 0. The van der Waals surface area contributed by atoms with Gasteiger partial charge in [-0.3, -0.25) is 9.47 Å². The predicted octanol–water partition coefficient (Wildman–Crippen LogP) is 3.13. The van der Waals surface area contributed by atoms with Crippen LogP contribution >= 0.6 is 12.4 Å². The molecular weight excluding hydrogens is 506 g/mol. The van der Waals surface area contributed by atoms with Gasteiger partial charge in [-0.15, -0.1) is 12.4 Å². The number of methoxy groups -OCH3 is 1. The number of amides is 1. The minimum Gasteiger partial charge on any atom is -0.497 e. The van der Waals surface area contributed by atoms with Crippen LogP contribution in [0, 0.1) is 0 Å². The molecule has 1 saturated heterocycles. The number of rotatable bonds is 7. The summed E-state index contributed by atoms with van der Waals surface area (Å²) in [5, 5.41) is 4.88. The highest BCUT2D eigenvalue weighted by molar-refractivity contribution is 7.84. The number of aromatic nitrogens is 2. The van der Waals surface area contributed by atoms with Gasteiger partial charge in [0, 0.05) is 44.5 Å². The van der Waals surface area contributed by atoms with Gasteiger partial charge in [-0.1, -0.05) is 12.1 Å². The Hall–Kier alpha value is -3.12. The summed E-state index contributed by atoms with van der Waals surface area (Å²) >= 11 is 0. The third kappa shape index (κ3) is 6.97. The van der Waals surface area contributed by atoms with Crippen molar-refractivity contribution in [3.63, 3.8) is 0 Å². The lowest BCUT2D eigenvalue weighted by molar-refractivity contribution is 0.132. The number of benzene rings is 2. The van der Waals surface area contributed by atoms with E-state index in [1.807, 2.05) is 19.2 Å². The van der Waals surface area contributed by atoms with Crippen molar-refractivity contribution in [2.24, 2.45) is 5.14 Å². The van der Waals surface area contributed by atoms with Crippen LogP contribution in [0.15, 0.2) is 61.1 Å². The Morgan fingerprint density at radius 3 is 2.47 bits per heavy atom. The molecule has 12 heteroatoms. The topological polar surface area (TPSA) is 120 Å². The van der Waals surface area contributed by atoms with E-state index in [1.165, 1.54) is 28.6 Å². The molecule has 36 heavy (non-hydrogen) atoms. The molecule has 2 heterocycles. The summed E-state index contributed by atoms with van der Waals surface area (Å²) in [5.41, 5.74) is 2.51. The van der Waals surface area contributed by atoms with Crippen LogP contribution in [0.2, 0.25) is 0 Å². The van der Waals surface area contributed by atoms with Crippen LogP contribution in [0.4, 0.5) is 4.79 Å². The van der Waals surface area contributed by atoms with E-state index in [-0.39, 0.29) is 30.2 Å². The molecule has 1 aliphatic rings. The van der Waals surface area contributed by atoms with Crippen molar-refractivity contribution < 1.29 is 22.1 Å². The second-order valence-corrected chi connectivity index (χ2v) is 9.67. The van der Waals surface area contributed by atoms with Crippen LogP contribution < -0.4 is 14.1 Å². The van der Waals surface area contributed by atoms with Crippen molar-refractivity contribution in [3.05, 3.63) is 66.6 Å². The molecule has 0 radical (unpaired) electrons. The summed E-state index contributed by atoms with van der Waals surface area (Å²) in [4.78, 5) is 21.6. The number of hydrogen-bond donors (Lipinski definition) is 1. The molecule has 1 aromatic heterocycles. The second kappa shape index (κ2) is 11.7. The first-order valence-electron chi connectivity index (χ1n) is 11.2. The largest absolute Gasteiger partial charge is 0.497 e. The van der Waals surface area contributed by atoms with Gasteiger partial charge < -0.3 is 13.8 Å². The Morgan fingerprint density at radius 2 is 1.83 bits per heavy atom. The van der Waals surface area contributed by atoms with E-state index in [0.29, 0.717) is 11.3 Å². The summed E-state index contributed by atoms with van der Waals surface area (Å²) < 4.78 is 33.5. The molecule has 3 aromatic rings. The zero-order chi connectivity index (χ0) is 25.0. The molecule has 0 saturated carbocycles. The Bertz CT molecular complexity index is 1270. The van der Waals surface area contributed by atoms with E-state index in [1.54, 1.807) is 30.3 Å². The van der Waals surface area contributed by atoms with Crippen molar-refractivity contribution in [2.45, 2.75) is 25.4 Å². The number of imidazole rings is 1. The Morgan fingerprint density at radius 1 is 1.14 bits per heavy atom. The molecule has 2 aromatic carbocycles. The molecule has 0 aliphatic carbocycles. The van der Waals surface area contributed by atoms with E-state index < -0.39 is 10.3 Å². The number of nitrogens with zero attached hydrogens (tertiary/aromatic N) is 4. The number of piperidine rings is 1. The van der Waals surface area contributed by atoms with Gasteiger partial charge in [0.05, 0.1) is 12.8 Å². The van der Waals surface area contributed by atoms with Crippen LogP contribution in [0.1, 0.15) is 18.4 Å². The predicted molar refractivity (Wildman–Crippen MR) is 138 cm³/mol. The van der Waals surface area contributed by atoms with Crippen LogP contribution in [0.25, 0.3) is 11.3 Å². The van der Waals surface area contributed by atoms with E-state index in [9.17, 15) is 13.2 Å². The zero-order valence-corrected chi connectivity index (χ0v) is 21.7. The summed E-state index contributed by atoms with van der Waals surface area (Å²) in [7, 11) is -0.590. The maximum Gasteiger partial charge on any atom is 0.380 e. The Labute approximate surface area is 217 Å². The summed E-state index contributed by atoms with van der Waals surface area (Å²) in [6.45, 7) is 2.66. The molecule has 0 atom stereocenters. The van der Waals surface area contributed by atoms with Crippen LogP contribution in [-0.4, -0.2) is 67.1 Å². The van der Waals surface area contributed by atoms with Gasteiger partial charge in [-0.25, -0.2) is 9.78 Å². The van der Waals surface area contributed by atoms with Gasteiger partial charge in [-0.2, -0.15) is 13.6 Å². The van der Waals surface area contributed by atoms with Crippen molar-refractivity contribution in [1.82, 2.24) is 19.4 Å². The van der Waals surface area contributed by atoms with Crippen LogP contribution in [-0.2, 0) is 16.8 Å². The van der Waals surface area contributed by atoms with E-state index in [2.05, 4.69) is 26.2 Å². The third-order valence-electron chi connectivity index (χ3n) is 6.11. The van der Waals surface area contributed by atoms with Gasteiger partial charge in [-0.05, 0) is 54.8 Å². The number of hydrogen-bond acceptors (Lipinski definition) is 7. The molecule has 0 bridgehead atoms. The fraction of sp³-hybridized carbons (Fsp3) is 0.333. The maximum atomic E-state index is 13.1. The quantitative estimate of drug-likeness (QED) is 0.493. The second-order valence-electron chi connectivity index (χ2n) is 8.52. The van der Waals surface area contributed by atoms with Gasteiger partial charge in [0.25, 0.3) is 0 Å². The van der Waals surface area contributed by atoms with Gasteiger partial charge in [0.2, 0.25) is 0 Å². The molecule has 1 amide bonds. The van der Waals surface area contributed by atoms with Gasteiger partial charge in [0.1, 0.15) is 17.8 Å². The highest BCUT2D eigenvalue weighted by Gasteiger charge is 2.26. The minimum atomic E-state index is -4.08. The third-order valence-corrected chi connectivity index (χ3v) is 6.54. The van der Waals surface area contributed by atoms with Crippen molar-refractivity contribution in [3.8, 4) is 22.8 Å². The molecule has 0 unspecified atom stereocenters. The normalized spacial score (nSPS) is 14.6. The lowest BCUT2D eigenvalue weighted by Gasteiger charge is -2.36. The first kappa shape index (κ1) is 27.5. The van der Waals surface area contributed by atoms with Crippen molar-refractivity contribution in [1.29, 1.82) is 0 Å². The molecule has 0 spiro atoms. The molecule has 194 valence electrons. The summed E-state index contributed by atoms with van der Waals surface area (Å²) in [5.74, 6) is 0.958. The molecule has 10 nitrogen and oxygen atoms in total. The first-order chi connectivity index (χ1) is 16.7. The average Bonchev–Trinajstić information content (AvgIpc) is 3.33. The number of halogens is 1. The van der Waals surface area contributed by atoms with E-state index in [0.717, 1.165) is 38.2 Å². The lowest BCUT2D eigenvalue weighted by Crippen LogP contribution is -2.46. The SMILES string of the molecule is COc1cccc(CN2CCC(N(C)C(=O)n3cnc(-c4ccc(OS(N)(=O)=O)cc4)c3)CC2)c1.Cl. The lowest BCUT2D eigenvalue weighted by atomic mass is 10.0. The number of nitrogens with two attached hydrogens (primary N) is 1. The molecule has 2 N–H and O–H groups in total.